The van der Waals surface area contributed by atoms with Gasteiger partial charge in [-0.2, -0.15) is 0 Å². The van der Waals surface area contributed by atoms with E-state index in [4.69, 9.17) is 18.9 Å². The number of amides is 1. The Morgan fingerprint density at radius 1 is 0.960 bits per heavy atom. The Bertz CT molecular complexity index is 639. The van der Waals surface area contributed by atoms with E-state index in [0.717, 1.165) is 12.4 Å². The molecule has 1 amide bonds. The maximum absolute atomic E-state index is 12.9. The number of hydrogen-bond acceptors (Lipinski definition) is 5. The van der Waals surface area contributed by atoms with Crippen LogP contribution in [0, 0.1) is 0 Å². The fourth-order valence-corrected chi connectivity index (χ4v) is 2.75. The Morgan fingerprint density at radius 2 is 1.44 bits per heavy atom. The molecule has 3 fully saturated rings. The van der Waals surface area contributed by atoms with E-state index in [1.807, 2.05) is 49.9 Å². The lowest BCUT2D eigenvalue weighted by atomic mass is 10.1. The Labute approximate surface area is 148 Å². The molecule has 0 N–H and O–H groups in total. The van der Waals surface area contributed by atoms with E-state index in [0.29, 0.717) is 38.5 Å². The molecule has 0 saturated carbocycles. The van der Waals surface area contributed by atoms with Gasteiger partial charge in [-0.1, -0.05) is 0 Å². The van der Waals surface area contributed by atoms with Crippen LogP contribution in [0.2, 0.25) is 0 Å². The standard InChI is InChI=1S/C19H25NO5/c1-17(11-23-17)8-20(9-18(2)12-24-18)16(21)14-4-6-15(7-5-14)22-10-19(3)13-25-19/h4-7H,8-13H2,1-3H3. The third-order valence-corrected chi connectivity index (χ3v) is 4.89. The van der Waals surface area contributed by atoms with Gasteiger partial charge in [-0.25, -0.2) is 0 Å². The smallest absolute Gasteiger partial charge is 0.254 e. The summed E-state index contributed by atoms with van der Waals surface area (Å²) in [5.41, 5.74) is 0.0626. The second kappa shape index (κ2) is 5.69. The minimum atomic E-state index is -0.219. The zero-order valence-electron chi connectivity index (χ0n) is 15.0. The second-order valence-corrected chi connectivity index (χ2v) is 8.19. The Hall–Kier alpha value is -1.63. The number of rotatable bonds is 8. The molecule has 0 spiro atoms. The molecular formula is C19H25NO5. The summed E-state index contributed by atoms with van der Waals surface area (Å²) in [6.07, 6.45) is 0. The molecule has 3 atom stereocenters. The summed E-state index contributed by atoms with van der Waals surface area (Å²) in [6.45, 7) is 9.89. The highest BCUT2D eigenvalue weighted by molar-refractivity contribution is 5.94. The van der Waals surface area contributed by atoms with Gasteiger partial charge in [0.05, 0.1) is 32.9 Å². The van der Waals surface area contributed by atoms with Crippen molar-refractivity contribution in [3.8, 4) is 5.75 Å². The SMILES string of the molecule is CC1(COc2ccc(C(=O)N(CC3(C)CO3)CC3(C)CO3)cc2)CO1. The summed E-state index contributed by atoms with van der Waals surface area (Å²) in [4.78, 5) is 14.8. The Balaban J connectivity index is 1.41. The fraction of sp³-hybridized carbons (Fsp3) is 0.632. The van der Waals surface area contributed by atoms with Gasteiger partial charge in [0.1, 0.15) is 29.2 Å². The first-order valence-corrected chi connectivity index (χ1v) is 8.72. The van der Waals surface area contributed by atoms with Crippen LogP contribution in [0.3, 0.4) is 0 Å². The van der Waals surface area contributed by atoms with E-state index in [-0.39, 0.29) is 22.7 Å². The lowest BCUT2D eigenvalue weighted by Crippen LogP contribution is -2.43. The molecule has 1 aromatic rings. The molecule has 0 radical (unpaired) electrons. The number of carbonyl (C=O) groups is 1. The number of hydrogen-bond donors (Lipinski definition) is 0. The van der Waals surface area contributed by atoms with Crippen molar-refractivity contribution in [3.05, 3.63) is 29.8 Å². The lowest BCUT2D eigenvalue weighted by molar-refractivity contribution is 0.0664. The summed E-state index contributed by atoms with van der Waals surface area (Å²) < 4.78 is 22.0. The van der Waals surface area contributed by atoms with Crippen LogP contribution in [0.15, 0.2) is 24.3 Å². The van der Waals surface area contributed by atoms with Crippen molar-refractivity contribution >= 4 is 5.91 Å². The van der Waals surface area contributed by atoms with Gasteiger partial charge >= 0.3 is 0 Å². The van der Waals surface area contributed by atoms with Crippen LogP contribution < -0.4 is 4.74 Å². The lowest BCUT2D eigenvalue weighted by Gasteiger charge is -2.26. The van der Waals surface area contributed by atoms with Crippen LogP contribution in [0.25, 0.3) is 0 Å². The average Bonchev–Trinajstić information content (AvgIpc) is 3.52. The van der Waals surface area contributed by atoms with Gasteiger partial charge in [0.2, 0.25) is 0 Å². The molecule has 3 heterocycles. The van der Waals surface area contributed by atoms with Crippen molar-refractivity contribution in [3.63, 3.8) is 0 Å². The zero-order chi connectivity index (χ0) is 17.7. The van der Waals surface area contributed by atoms with E-state index < -0.39 is 0 Å². The van der Waals surface area contributed by atoms with Crippen LogP contribution in [0.1, 0.15) is 31.1 Å². The number of carbonyl (C=O) groups excluding carboxylic acids is 1. The maximum atomic E-state index is 12.9. The van der Waals surface area contributed by atoms with Gasteiger partial charge in [0, 0.05) is 5.56 Å². The van der Waals surface area contributed by atoms with E-state index in [2.05, 4.69) is 0 Å². The first-order chi connectivity index (χ1) is 11.8. The molecular weight excluding hydrogens is 322 g/mol. The summed E-state index contributed by atoms with van der Waals surface area (Å²) >= 11 is 0. The van der Waals surface area contributed by atoms with Crippen LogP contribution in [-0.4, -0.2) is 67.1 Å². The van der Waals surface area contributed by atoms with E-state index in [1.165, 1.54) is 0 Å². The number of nitrogens with zero attached hydrogens (tertiary/aromatic N) is 1. The van der Waals surface area contributed by atoms with Crippen molar-refractivity contribution in [1.82, 2.24) is 4.90 Å². The molecule has 3 aliphatic rings. The minimum Gasteiger partial charge on any atom is -0.491 e. The normalized spacial score (nSPS) is 35.2. The second-order valence-electron chi connectivity index (χ2n) is 8.19. The van der Waals surface area contributed by atoms with Gasteiger partial charge in [-0.3, -0.25) is 4.79 Å². The molecule has 3 unspecified atom stereocenters. The summed E-state index contributed by atoms with van der Waals surface area (Å²) in [7, 11) is 0. The van der Waals surface area contributed by atoms with Crippen molar-refractivity contribution < 1.29 is 23.7 Å². The number of ether oxygens (including phenoxy) is 4. The van der Waals surface area contributed by atoms with Crippen LogP contribution in [0.5, 0.6) is 5.75 Å². The van der Waals surface area contributed by atoms with Gasteiger partial charge in [-0.15, -0.1) is 0 Å². The average molecular weight is 347 g/mol. The first-order valence-electron chi connectivity index (χ1n) is 8.72. The molecule has 3 saturated heterocycles. The zero-order valence-corrected chi connectivity index (χ0v) is 15.0. The van der Waals surface area contributed by atoms with Gasteiger partial charge in [0.15, 0.2) is 0 Å². The first kappa shape index (κ1) is 16.8. The van der Waals surface area contributed by atoms with Crippen LogP contribution in [-0.2, 0) is 14.2 Å². The van der Waals surface area contributed by atoms with Crippen molar-refractivity contribution in [1.29, 1.82) is 0 Å². The molecule has 0 aliphatic carbocycles. The highest BCUT2D eigenvalue weighted by atomic mass is 16.6. The molecule has 0 aromatic heterocycles. The third-order valence-electron chi connectivity index (χ3n) is 4.89. The topological polar surface area (TPSA) is 67.1 Å². The number of benzene rings is 1. The predicted octanol–water partition coefficient (Wildman–Crippen LogP) is 1.87. The molecule has 6 heteroatoms. The highest BCUT2D eigenvalue weighted by Crippen LogP contribution is 2.32. The summed E-state index contributed by atoms with van der Waals surface area (Å²) in [5, 5.41) is 0. The third kappa shape index (κ3) is 4.14. The van der Waals surface area contributed by atoms with Crippen molar-refractivity contribution in [2.45, 2.75) is 37.6 Å². The van der Waals surface area contributed by atoms with Gasteiger partial charge in [0.25, 0.3) is 5.91 Å². The highest BCUT2D eigenvalue weighted by Gasteiger charge is 2.47. The molecule has 25 heavy (non-hydrogen) atoms. The molecule has 136 valence electrons. The number of epoxide rings is 3. The van der Waals surface area contributed by atoms with E-state index >= 15 is 0 Å². The van der Waals surface area contributed by atoms with E-state index in [1.54, 1.807) is 0 Å². The molecule has 6 nitrogen and oxygen atoms in total. The molecule has 4 rings (SSSR count). The Kier molecular flexibility index (Phi) is 3.83. The van der Waals surface area contributed by atoms with Gasteiger partial charge in [-0.05, 0) is 45.0 Å². The molecule has 1 aromatic carbocycles. The molecule has 0 bridgehead atoms. The monoisotopic (exact) mass is 347 g/mol. The predicted molar refractivity (Wildman–Crippen MR) is 90.9 cm³/mol. The maximum Gasteiger partial charge on any atom is 0.254 e. The van der Waals surface area contributed by atoms with Gasteiger partial charge < -0.3 is 23.8 Å². The Morgan fingerprint density at radius 3 is 1.88 bits per heavy atom. The van der Waals surface area contributed by atoms with Crippen LogP contribution >= 0.6 is 0 Å². The minimum absolute atomic E-state index is 0.00233. The quantitative estimate of drug-likeness (QED) is 0.672. The largest absolute Gasteiger partial charge is 0.491 e. The fourth-order valence-electron chi connectivity index (χ4n) is 2.75. The molecule has 3 aliphatic heterocycles. The summed E-state index contributed by atoms with van der Waals surface area (Å²) in [5.74, 6) is 0.743. The van der Waals surface area contributed by atoms with Crippen LogP contribution in [0.4, 0.5) is 0 Å². The van der Waals surface area contributed by atoms with Crippen molar-refractivity contribution in [2.24, 2.45) is 0 Å². The van der Waals surface area contributed by atoms with Crippen molar-refractivity contribution in [2.75, 3.05) is 39.5 Å². The summed E-state index contributed by atoms with van der Waals surface area (Å²) in [6, 6.07) is 7.30. The van der Waals surface area contributed by atoms with E-state index in [9.17, 15) is 4.79 Å².